The van der Waals surface area contributed by atoms with E-state index in [4.69, 9.17) is 9.15 Å². The van der Waals surface area contributed by atoms with Crippen LogP contribution in [-0.4, -0.2) is 49.1 Å². The lowest BCUT2D eigenvalue weighted by atomic mass is 10.2. The molecule has 134 valence electrons. The lowest BCUT2D eigenvalue weighted by molar-refractivity contribution is 0.0561. The number of benzene rings is 1. The second-order valence-electron chi connectivity index (χ2n) is 6.30. The number of nitrogens with zero attached hydrogens (tertiary/aromatic N) is 2. The molecule has 6 heteroatoms. The third kappa shape index (κ3) is 4.67. The number of hydrogen-bond acceptors (Lipinski definition) is 5. The minimum Gasteiger partial charge on any atom is -0.463 e. The van der Waals surface area contributed by atoms with Crippen LogP contribution in [0.3, 0.4) is 0 Å². The molecule has 2 aromatic rings. The van der Waals surface area contributed by atoms with E-state index in [0.717, 1.165) is 50.3 Å². The molecule has 1 aliphatic heterocycles. The zero-order chi connectivity index (χ0) is 17.6. The van der Waals surface area contributed by atoms with Crippen LogP contribution in [-0.2, 0) is 17.8 Å². The monoisotopic (exact) mass is 346 g/mol. The SMILES string of the molecule is COC(=O)c1occc1CN1CCCN(Cc2ccc(F)cc2)CC1. The number of carbonyl (C=O) groups excluding carboxylic acids is 1. The van der Waals surface area contributed by atoms with E-state index in [9.17, 15) is 9.18 Å². The van der Waals surface area contributed by atoms with E-state index in [1.165, 1.54) is 25.5 Å². The number of rotatable bonds is 5. The number of furan rings is 1. The minimum atomic E-state index is -0.437. The first-order chi connectivity index (χ1) is 12.2. The van der Waals surface area contributed by atoms with Gasteiger partial charge in [-0.1, -0.05) is 12.1 Å². The lowest BCUT2D eigenvalue weighted by Crippen LogP contribution is -2.30. The molecule has 2 heterocycles. The number of ether oxygens (including phenoxy) is 1. The summed E-state index contributed by atoms with van der Waals surface area (Å²) in [6.07, 6.45) is 2.58. The molecule has 0 radical (unpaired) electrons. The molecule has 1 fully saturated rings. The van der Waals surface area contributed by atoms with Crippen molar-refractivity contribution >= 4 is 5.97 Å². The number of esters is 1. The Hall–Kier alpha value is -2.18. The van der Waals surface area contributed by atoms with Crippen LogP contribution in [0.2, 0.25) is 0 Å². The molecule has 0 amide bonds. The van der Waals surface area contributed by atoms with Gasteiger partial charge in [-0.25, -0.2) is 9.18 Å². The Bertz CT molecular complexity index is 699. The van der Waals surface area contributed by atoms with E-state index >= 15 is 0 Å². The summed E-state index contributed by atoms with van der Waals surface area (Å²) in [4.78, 5) is 16.4. The summed E-state index contributed by atoms with van der Waals surface area (Å²) in [5, 5.41) is 0. The molecule has 1 aliphatic rings. The normalized spacial score (nSPS) is 16.6. The predicted octanol–water partition coefficient (Wildman–Crippen LogP) is 2.91. The van der Waals surface area contributed by atoms with Crippen LogP contribution in [0, 0.1) is 5.82 Å². The van der Waals surface area contributed by atoms with Crippen LogP contribution < -0.4 is 0 Å². The zero-order valence-corrected chi connectivity index (χ0v) is 14.4. The van der Waals surface area contributed by atoms with E-state index in [0.29, 0.717) is 6.54 Å². The summed E-state index contributed by atoms with van der Waals surface area (Å²) >= 11 is 0. The van der Waals surface area contributed by atoms with E-state index in [1.54, 1.807) is 0 Å². The number of carbonyl (C=O) groups is 1. The zero-order valence-electron chi connectivity index (χ0n) is 14.4. The molecular weight excluding hydrogens is 323 g/mol. The Morgan fingerprint density at radius 1 is 1.08 bits per heavy atom. The quantitative estimate of drug-likeness (QED) is 0.779. The molecule has 0 saturated carbocycles. The van der Waals surface area contributed by atoms with Gasteiger partial charge in [0.15, 0.2) is 0 Å². The highest BCUT2D eigenvalue weighted by atomic mass is 19.1. The van der Waals surface area contributed by atoms with Gasteiger partial charge < -0.3 is 9.15 Å². The van der Waals surface area contributed by atoms with Crippen molar-refractivity contribution in [3.63, 3.8) is 0 Å². The van der Waals surface area contributed by atoms with E-state index in [1.807, 2.05) is 18.2 Å². The van der Waals surface area contributed by atoms with Gasteiger partial charge in [0, 0.05) is 31.7 Å². The van der Waals surface area contributed by atoms with E-state index < -0.39 is 5.97 Å². The van der Waals surface area contributed by atoms with Crippen LogP contribution in [0.15, 0.2) is 41.0 Å². The van der Waals surface area contributed by atoms with Crippen molar-refractivity contribution in [1.82, 2.24) is 9.80 Å². The van der Waals surface area contributed by atoms with Gasteiger partial charge in [-0.2, -0.15) is 0 Å². The topological polar surface area (TPSA) is 45.9 Å². The molecule has 0 unspecified atom stereocenters. The average Bonchev–Trinajstić information content (AvgIpc) is 2.97. The van der Waals surface area contributed by atoms with Crippen molar-refractivity contribution in [2.24, 2.45) is 0 Å². The molecular formula is C19H23FN2O3. The van der Waals surface area contributed by atoms with Crippen LogP contribution >= 0.6 is 0 Å². The fourth-order valence-electron chi connectivity index (χ4n) is 3.16. The smallest absolute Gasteiger partial charge is 0.374 e. The van der Waals surface area contributed by atoms with E-state index in [2.05, 4.69) is 9.80 Å². The largest absolute Gasteiger partial charge is 0.463 e. The molecule has 0 bridgehead atoms. The maximum atomic E-state index is 13.0. The Labute approximate surface area is 147 Å². The molecule has 1 saturated heterocycles. The molecule has 1 aromatic heterocycles. The van der Waals surface area contributed by atoms with Crippen LogP contribution in [0.1, 0.15) is 28.1 Å². The molecule has 5 nitrogen and oxygen atoms in total. The molecule has 0 aliphatic carbocycles. The van der Waals surface area contributed by atoms with Gasteiger partial charge in [0.25, 0.3) is 0 Å². The summed E-state index contributed by atoms with van der Waals surface area (Å²) in [5.74, 6) is -0.352. The Balaban J connectivity index is 1.56. The molecule has 1 aromatic carbocycles. The second kappa shape index (κ2) is 8.27. The number of hydrogen-bond donors (Lipinski definition) is 0. The van der Waals surface area contributed by atoms with Crippen molar-refractivity contribution in [1.29, 1.82) is 0 Å². The summed E-state index contributed by atoms with van der Waals surface area (Å²) in [5.41, 5.74) is 1.98. The Kier molecular flexibility index (Phi) is 5.83. The van der Waals surface area contributed by atoms with Gasteiger partial charge in [0.1, 0.15) is 5.82 Å². The summed E-state index contributed by atoms with van der Waals surface area (Å²) < 4.78 is 23.0. The van der Waals surface area contributed by atoms with E-state index in [-0.39, 0.29) is 11.6 Å². The Morgan fingerprint density at radius 2 is 1.76 bits per heavy atom. The third-order valence-electron chi connectivity index (χ3n) is 4.51. The van der Waals surface area contributed by atoms with Gasteiger partial charge in [-0.05, 0) is 43.3 Å². The van der Waals surface area contributed by atoms with Crippen molar-refractivity contribution in [2.45, 2.75) is 19.5 Å². The fourth-order valence-corrected chi connectivity index (χ4v) is 3.16. The standard InChI is InChI=1S/C19H23FN2O3/c1-24-19(23)18-16(7-12-25-18)14-22-9-2-8-21(10-11-22)13-15-3-5-17(20)6-4-15/h3-7,12H,2,8-11,13-14H2,1H3. The van der Waals surface area contributed by atoms with Crippen molar-refractivity contribution in [2.75, 3.05) is 33.3 Å². The first-order valence-corrected chi connectivity index (χ1v) is 8.49. The number of halogens is 1. The van der Waals surface area contributed by atoms with Crippen molar-refractivity contribution in [3.05, 3.63) is 59.3 Å². The molecule has 3 rings (SSSR count). The third-order valence-corrected chi connectivity index (χ3v) is 4.51. The van der Waals surface area contributed by atoms with Gasteiger partial charge >= 0.3 is 5.97 Å². The van der Waals surface area contributed by atoms with Crippen LogP contribution in [0.5, 0.6) is 0 Å². The Morgan fingerprint density at radius 3 is 2.44 bits per heavy atom. The van der Waals surface area contributed by atoms with Gasteiger partial charge in [-0.15, -0.1) is 0 Å². The highest BCUT2D eigenvalue weighted by molar-refractivity contribution is 5.87. The predicted molar refractivity (Wildman–Crippen MR) is 91.6 cm³/mol. The fraction of sp³-hybridized carbons (Fsp3) is 0.421. The van der Waals surface area contributed by atoms with Gasteiger partial charge in [-0.3, -0.25) is 9.80 Å². The maximum absolute atomic E-state index is 13.0. The first-order valence-electron chi connectivity index (χ1n) is 8.49. The van der Waals surface area contributed by atoms with Gasteiger partial charge in [0.2, 0.25) is 5.76 Å². The highest BCUT2D eigenvalue weighted by Crippen LogP contribution is 2.17. The summed E-state index contributed by atoms with van der Waals surface area (Å²) in [6.45, 7) is 5.31. The number of methoxy groups -OCH3 is 1. The molecule has 0 N–H and O–H groups in total. The van der Waals surface area contributed by atoms with Crippen molar-refractivity contribution < 1.29 is 18.3 Å². The summed E-state index contributed by atoms with van der Waals surface area (Å²) in [7, 11) is 1.36. The molecule has 25 heavy (non-hydrogen) atoms. The highest BCUT2D eigenvalue weighted by Gasteiger charge is 2.20. The molecule has 0 atom stereocenters. The minimum absolute atomic E-state index is 0.202. The van der Waals surface area contributed by atoms with Crippen molar-refractivity contribution in [3.8, 4) is 0 Å². The second-order valence-corrected chi connectivity index (χ2v) is 6.30. The van der Waals surface area contributed by atoms with Gasteiger partial charge in [0.05, 0.1) is 13.4 Å². The van der Waals surface area contributed by atoms with Crippen LogP contribution in [0.4, 0.5) is 4.39 Å². The summed E-state index contributed by atoms with van der Waals surface area (Å²) in [6, 6.07) is 8.52. The molecule has 0 spiro atoms. The van der Waals surface area contributed by atoms with Crippen LogP contribution in [0.25, 0.3) is 0 Å². The average molecular weight is 346 g/mol. The first kappa shape index (κ1) is 17.6. The maximum Gasteiger partial charge on any atom is 0.374 e. The lowest BCUT2D eigenvalue weighted by Gasteiger charge is -2.21.